The highest BCUT2D eigenvalue weighted by atomic mass is 127. The van der Waals surface area contributed by atoms with Crippen LogP contribution in [-0.4, -0.2) is 43.2 Å². The molecule has 0 atom stereocenters. The molecule has 0 spiro atoms. The van der Waals surface area contributed by atoms with Crippen LogP contribution in [0.2, 0.25) is 0 Å². The number of halogens is 1. The Morgan fingerprint density at radius 2 is 1.86 bits per heavy atom. The average molecular weight is 405 g/mol. The van der Waals surface area contributed by atoms with Gasteiger partial charge in [-0.15, -0.1) is 24.0 Å². The summed E-state index contributed by atoms with van der Waals surface area (Å²) in [6, 6.07) is 5.97. The van der Waals surface area contributed by atoms with Gasteiger partial charge >= 0.3 is 0 Å². The first kappa shape index (κ1) is 20.1. The normalized spacial score (nSPS) is 11.7. The van der Waals surface area contributed by atoms with Gasteiger partial charge in [0.1, 0.15) is 0 Å². The quantitative estimate of drug-likeness (QED) is 0.292. The molecule has 3 N–H and O–H groups in total. The minimum atomic E-state index is 0. The molecule has 0 aliphatic carbocycles. The van der Waals surface area contributed by atoms with Gasteiger partial charge in [-0.25, -0.2) is 0 Å². The lowest BCUT2D eigenvalue weighted by Gasteiger charge is -2.21. The van der Waals surface area contributed by atoms with E-state index in [9.17, 15) is 0 Å². The van der Waals surface area contributed by atoms with Crippen LogP contribution in [0.3, 0.4) is 0 Å². The van der Waals surface area contributed by atoms with E-state index in [4.69, 9.17) is 0 Å². The molecule has 0 unspecified atom stereocenters. The topological polar surface area (TPSA) is 61.3 Å². The van der Waals surface area contributed by atoms with E-state index in [2.05, 4.69) is 46.7 Å². The van der Waals surface area contributed by atoms with Gasteiger partial charge in [0.05, 0.1) is 0 Å². The number of nitrogens with zero attached hydrogens (tertiary/aromatic N) is 2. The van der Waals surface area contributed by atoms with Crippen LogP contribution < -0.4 is 16.0 Å². The van der Waals surface area contributed by atoms with E-state index >= 15 is 0 Å². The van der Waals surface area contributed by atoms with Gasteiger partial charge in [-0.1, -0.05) is 6.07 Å². The van der Waals surface area contributed by atoms with Gasteiger partial charge in [-0.05, 0) is 32.9 Å². The average Bonchev–Trinajstić information content (AvgIpc) is 2.41. The van der Waals surface area contributed by atoms with E-state index in [-0.39, 0.29) is 29.5 Å². The lowest BCUT2D eigenvalue weighted by Crippen LogP contribution is -2.44. The molecule has 21 heavy (non-hydrogen) atoms. The van der Waals surface area contributed by atoms with Crippen LogP contribution in [0.4, 0.5) is 0 Å². The number of nitrogens with one attached hydrogen (secondary N) is 3. The van der Waals surface area contributed by atoms with Gasteiger partial charge in [0, 0.05) is 50.5 Å². The first-order valence-electron chi connectivity index (χ1n) is 7.11. The van der Waals surface area contributed by atoms with Crippen LogP contribution >= 0.6 is 24.0 Å². The summed E-state index contributed by atoms with van der Waals surface area (Å²) in [4.78, 5) is 8.49. The summed E-state index contributed by atoms with van der Waals surface area (Å²) in [7, 11) is 1.79. The Labute approximate surface area is 145 Å². The number of hydrogen-bond acceptors (Lipinski definition) is 3. The van der Waals surface area contributed by atoms with E-state index in [1.165, 1.54) is 0 Å². The largest absolute Gasteiger partial charge is 0.356 e. The smallest absolute Gasteiger partial charge is 0.191 e. The van der Waals surface area contributed by atoms with Gasteiger partial charge in [0.2, 0.25) is 0 Å². The van der Waals surface area contributed by atoms with Crippen LogP contribution in [0.5, 0.6) is 0 Å². The second-order valence-electron chi connectivity index (χ2n) is 5.67. The Balaban J connectivity index is 0.00000400. The lowest BCUT2D eigenvalue weighted by molar-refractivity contribution is 0.428. The Morgan fingerprint density at radius 1 is 1.14 bits per heavy atom. The Morgan fingerprint density at radius 3 is 2.43 bits per heavy atom. The monoisotopic (exact) mass is 405 g/mol. The van der Waals surface area contributed by atoms with E-state index in [1.807, 2.05) is 24.4 Å². The van der Waals surface area contributed by atoms with Gasteiger partial charge < -0.3 is 16.0 Å². The van der Waals surface area contributed by atoms with Crippen LogP contribution in [-0.2, 0) is 6.42 Å². The van der Waals surface area contributed by atoms with Crippen molar-refractivity contribution in [1.29, 1.82) is 0 Å². The molecule has 1 aromatic rings. The number of guanidine groups is 1. The SMILES string of the molecule is CN=C(NCCNC(C)(C)C)NCCc1ccccn1.I. The first-order valence-corrected chi connectivity index (χ1v) is 7.11. The van der Waals surface area contributed by atoms with Crippen LogP contribution in [0.15, 0.2) is 29.4 Å². The molecule has 0 aromatic carbocycles. The summed E-state index contributed by atoms with van der Waals surface area (Å²) < 4.78 is 0. The highest BCUT2D eigenvalue weighted by Crippen LogP contribution is 1.96. The van der Waals surface area contributed by atoms with Gasteiger partial charge in [0.15, 0.2) is 5.96 Å². The highest BCUT2D eigenvalue weighted by Gasteiger charge is 2.07. The second-order valence-corrected chi connectivity index (χ2v) is 5.67. The summed E-state index contributed by atoms with van der Waals surface area (Å²) in [6.07, 6.45) is 2.71. The maximum atomic E-state index is 4.29. The predicted octanol–water partition coefficient (Wildman–Crippen LogP) is 1.80. The zero-order valence-corrected chi connectivity index (χ0v) is 15.8. The molecule has 0 amide bonds. The fourth-order valence-corrected chi connectivity index (χ4v) is 1.69. The van der Waals surface area contributed by atoms with Gasteiger partial charge in [-0.2, -0.15) is 0 Å². The Bertz CT molecular complexity index is 400. The van der Waals surface area contributed by atoms with Crippen molar-refractivity contribution >= 4 is 29.9 Å². The summed E-state index contributed by atoms with van der Waals surface area (Å²) in [5.74, 6) is 0.830. The van der Waals surface area contributed by atoms with Gasteiger partial charge in [-0.3, -0.25) is 9.98 Å². The zero-order valence-electron chi connectivity index (χ0n) is 13.4. The van der Waals surface area contributed by atoms with E-state index < -0.39 is 0 Å². The van der Waals surface area contributed by atoms with Crippen molar-refractivity contribution in [3.8, 4) is 0 Å². The Kier molecular flexibility index (Phi) is 10.3. The second kappa shape index (κ2) is 10.8. The van der Waals surface area contributed by atoms with E-state index in [0.717, 1.165) is 37.7 Å². The van der Waals surface area contributed by atoms with Crippen molar-refractivity contribution in [3.05, 3.63) is 30.1 Å². The summed E-state index contributed by atoms with van der Waals surface area (Å²) in [5, 5.41) is 10.00. The molecular weight excluding hydrogens is 377 g/mol. The molecule has 0 saturated carbocycles. The highest BCUT2D eigenvalue weighted by molar-refractivity contribution is 14.0. The molecule has 0 aliphatic heterocycles. The molecule has 5 nitrogen and oxygen atoms in total. The minimum absolute atomic E-state index is 0. The van der Waals surface area contributed by atoms with Crippen molar-refractivity contribution in [2.24, 2.45) is 4.99 Å². The number of pyridine rings is 1. The molecule has 0 radical (unpaired) electrons. The third kappa shape index (κ3) is 10.5. The fraction of sp³-hybridized carbons (Fsp3) is 0.600. The predicted molar refractivity (Wildman–Crippen MR) is 100 cm³/mol. The molecular formula is C15H28IN5. The number of aromatic nitrogens is 1. The molecule has 1 aromatic heterocycles. The standard InChI is InChI=1S/C15H27N5.HI/c1-15(2,3)20-12-11-19-14(16-4)18-10-8-13-7-5-6-9-17-13;/h5-7,9,20H,8,10-12H2,1-4H3,(H2,16,18,19);1H. The first-order chi connectivity index (χ1) is 9.51. The molecule has 6 heteroatoms. The summed E-state index contributed by atoms with van der Waals surface area (Å²) >= 11 is 0. The van der Waals surface area contributed by atoms with Crippen LogP contribution in [0.25, 0.3) is 0 Å². The van der Waals surface area contributed by atoms with Crippen LogP contribution in [0.1, 0.15) is 26.5 Å². The van der Waals surface area contributed by atoms with Crippen molar-refractivity contribution in [1.82, 2.24) is 20.9 Å². The Hall–Kier alpha value is -0.890. The number of aliphatic imine (C=N–C) groups is 1. The lowest BCUT2D eigenvalue weighted by atomic mass is 10.1. The summed E-state index contributed by atoms with van der Waals surface area (Å²) in [6.45, 7) is 9.06. The third-order valence-corrected chi connectivity index (χ3v) is 2.70. The summed E-state index contributed by atoms with van der Waals surface area (Å²) in [5.41, 5.74) is 1.24. The molecule has 0 aliphatic rings. The molecule has 120 valence electrons. The van der Waals surface area contributed by atoms with Crippen molar-refractivity contribution < 1.29 is 0 Å². The van der Waals surface area contributed by atoms with Crippen molar-refractivity contribution in [3.63, 3.8) is 0 Å². The zero-order chi connectivity index (χ0) is 14.8. The number of hydrogen-bond donors (Lipinski definition) is 3. The minimum Gasteiger partial charge on any atom is -0.356 e. The van der Waals surface area contributed by atoms with Crippen molar-refractivity contribution in [2.45, 2.75) is 32.7 Å². The van der Waals surface area contributed by atoms with Crippen LogP contribution in [0, 0.1) is 0 Å². The third-order valence-electron chi connectivity index (χ3n) is 2.70. The molecule has 0 saturated heterocycles. The molecule has 1 rings (SSSR count). The van der Waals surface area contributed by atoms with Crippen molar-refractivity contribution in [2.75, 3.05) is 26.7 Å². The molecule has 1 heterocycles. The van der Waals surface area contributed by atoms with E-state index in [0.29, 0.717) is 0 Å². The van der Waals surface area contributed by atoms with E-state index in [1.54, 1.807) is 7.05 Å². The molecule has 0 fully saturated rings. The molecule has 0 bridgehead atoms. The number of rotatable bonds is 6. The van der Waals surface area contributed by atoms with Gasteiger partial charge in [0.25, 0.3) is 0 Å². The fourth-order valence-electron chi connectivity index (χ4n) is 1.69. The maximum absolute atomic E-state index is 4.29. The maximum Gasteiger partial charge on any atom is 0.191 e.